The summed E-state index contributed by atoms with van der Waals surface area (Å²) in [5.74, 6) is 0.154. The molecule has 12 heavy (non-hydrogen) atoms. The number of rotatable bonds is 6. The van der Waals surface area contributed by atoms with E-state index in [1.807, 2.05) is 7.05 Å². The Balaban J connectivity index is 3.47. The number of ether oxygens (including phenoxy) is 1. The van der Waals surface area contributed by atoms with Gasteiger partial charge in [-0.05, 0) is 7.05 Å². The summed E-state index contributed by atoms with van der Waals surface area (Å²) >= 11 is 0. The number of carbonyl (C=O) groups excluding carboxylic acids is 1. The Labute approximate surface area is 73.9 Å². The molecule has 4 nitrogen and oxygen atoms in total. The van der Waals surface area contributed by atoms with Crippen molar-refractivity contribution in [3.8, 4) is 0 Å². The molecule has 0 unspecified atom stereocenters. The molecule has 0 atom stereocenters. The van der Waals surface area contributed by atoms with Crippen molar-refractivity contribution in [1.82, 2.24) is 10.2 Å². The average molecular weight is 174 g/mol. The van der Waals surface area contributed by atoms with Crippen LogP contribution in [0.3, 0.4) is 0 Å². The first-order valence-corrected chi connectivity index (χ1v) is 4.10. The first kappa shape index (κ1) is 11.4. The van der Waals surface area contributed by atoms with Gasteiger partial charge in [-0.3, -0.25) is 4.79 Å². The number of hydrogen-bond acceptors (Lipinski definition) is 3. The molecule has 1 amide bonds. The molecule has 0 aliphatic heterocycles. The van der Waals surface area contributed by atoms with Crippen molar-refractivity contribution in [3.05, 3.63) is 0 Å². The van der Waals surface area contributed by atoms with E-state index in [9.17, 15) is 4.79 Å². The quantitative estimate of drug-likeness (QED) is 0.601. The van der Waals surface area contributed by atoms with Gasteiger partial charge in [0.05, 0.1) is 6.61 Å². The molecule has 0 aromatic carbocycles. The molecule has 0 aliphatic carbocycles. The first-order valence-electron chi connectivity index (χ1n) is 4.10. The third-order valence-corrected chi connectivity index (χ3v) is 1.65. The van der Waals surface area contributed by atoms with Crippen LogP contribution in [0.4, 0.5) is 0 Å². The number of nitrogens with zero attached hydrogens (tertiary/aromatic N) is 1. The second kappa shape index (κ2) is 7.06. The van der Waals surface area contributed by atoms with Gasteiger partial charge in [0.25, 0.3) is 0 Å². The summed E-state index contributed by atoms with van der Waals surface area (Å²) in [6.07, 6.45) is 0.552. The van der Waals surface area contributed by atoms with Crippen LogP contribution in [0.1, 0.15) is 6.42 Å². The fraction of sp³-hybridized carbons (Fsp3) is 0.875. The molecular formula is C8H18N2O2. The van der Waals surface area contributed by atoms with Crippen molar-refractivity contribution in [1.29, 1.82) is 0 Å². The first-order chi connectivity index (χ1) is 5.72. The fourth-order valence-electron chi connectivity index (χ4n) is 0.776. The van der Waals surface area contributed by atoms with E-state index in [-0.39, 0.29) is 5.91 Å². The maximum atomic E-state index is 11.2. The summed E-state index contributed by atoms with van der Waals surface area (Å²) in [5, 5.41) is 2.93. The molecule has 0 saturated carbocycles. The van der Waals surface area contributed by atoms with Gasteiger partial charge >= 0.3 is 0 Å². The van der Waals surface area contributed by atoms with Crippen LogP contribution in [0, 0.1) is 0 Å². The summed E-state index contributed by atoms with van der Waals surface area (Å²) in [6, 6.07) is 0. The van der Waals surface area contributed by atoms with Crippen molar-refractivity contribution >= 4 is 5.91 Å². The summed E-state index contributed by atoms with van der Waals surface area (Å²) < 4.78 is 4.86. The van der Waals surface area contributed by atoms with Crippen LogP contribution < -0.4 is 5.32 Å². The Morgan fingerprint density at radius 3 is 2.75 bits per heavy atom. The molecule has 0 bridgehead atoms. The molecule has 0 rings (SSSR count). The van der Waals surface area contributed by atoms with Crippen LogP contribution in [0.2, 0.25) is 0 Å². The summed E-state index contributed by atoms with van der Waals surface area (Å²) in [5.41, 5.74) is 0. The minimum Gasteiger partial charge on any atom is -0.383 e. The lowest BCUT2D eigenvalue weighted by Crippen LogP contribution is -2.31. The van der Waals surface area contributed by atoms with Crippen LogP contribution in [-0.4, -0.2) is 51.7 Å². The van der Waals surface area contributed by atoms with Crippen LogP contribution >= 0.6 is 0 Å². The van der Waals surface area contributed by atoms with E-state index in [4.69, 9.17) is 4.74 Å². The third kappa shape index (κ3) is 5.09. The Morgan fingerprint density at radius 1 is 1.58 bits per heavy atom. The van der Waals surface area contributed by atoms with E-state index in [0.717, 1.165) is 6.54 Å². The monoisotopic (exact) mass is 174 g/mol. The highest BCUT2D eigenvalue weighted by molar-refractivity contribution is 5.76. The van der Waals surface area contributed by atoms with Gasteiger partial charge in [0.15, 0.2) is 0 Å². The number of methoxy groups -OCH3 is 1. The lowest BCUT2D eigenvalue weighted by Gasteiger charge is -2.16. The van der Waals surface area contributed by atoms with Gasteiger partial charge in [-0.1, -0.05) is 0 Å². The maximum Gasteiger partial charge on any atom is 0.223 e. The van der Waals surface area contributed by atoms with Crippen molar-refractivity contribution in [2.45, 2.75) is 6.42 Å². The van der Waals surface area contributed by atoms with Crippen molar-refractivity contribution in [3.63, 3.8) is 0 Å². The van der Waals surface area contributed by atoms with Crippen LogP contribution in [0.25, 0.3) is 0 Å². The normalized spacial score (nSPS) is 9.92. The second-order valence-corrected chi connectivity index (χ2v) is 2.66. The minimum atomic E-state index is 0.154. The smallest absolute Gasteiger partial charge is 0.223 e. The maximum absolute atomic E-state index is 11.2. The zero-order valence-electron chi connectivity index (χ0n) is 8.09. The molecule has 0 aromatic rings. The van der Waals surface area contributed by atoms with E-state index in [1.54, 1.807) is 19.1 Å². The number of nitrogens with one attached hydrogen (secondary N) is 1. The highest BCUT2D eigenvalue weighted by atomic mass is 16.5. The molecule has 0 heterocycles. The summed E-state index contributed by atoms with van der Waals surface area (Å²) in [6.45, 7) is 2.00. The molecular weight excluding hydrogens is 156 g/mol. The van der Waals surface area contributed by atoms with Gasteiger partial charge in [0.1, 0.15) is 0 Å². The predicted molar refractivity (Wildman–Crippen MR) is 48.1 cm³/mol. The van der Waals surface area contributed by atoms with E-state index in [0.29, 0.717) is 19.6 Å². The van der Waals surface area contributed by atoms with Gasteiger partial charge in [-0.25, -0.2) is 0 Å². The average Bonchev–Trinajstić information content (AvgIpc) is 2.10. The molecule has 1 N–H and O–H groups in total. The summed E-state index contributed by atoms with van der Waals surface area (Å²) in [7, 11) is 5.26. The SMILES string of the molecule is CNCCC(=O)N(C)CCOC. The standard InChI is InChI=1S/C8H18N2O2/c1-9-5-4-8(11)10(2)6-7-12-3/h9H,4-7H2,1-3H3. The Kier molecular flexibility index (Phi) is 6.70. The Hall–Kier alpha value is -0.610. The lowest BCUT2D eigenvalue weighted by molar-refractivity contribution is -0.130. The van der Waals surface area contributed by atoms with E-state index < -0.39 is 0 Å². The van der Waals surface area contributed by atoms with Crippen molar-refractivity contribution in [2.75, 3.05) is 40.9 Å². The highest BCUT2D eigenvalue weighted by Gasteiger charge is 2.06. The van der Waals surface area contributed by atoms with Crippen molar-refractivity contribution < 1.29 is 9.53 Å². The third-order valence-electron chi connectivity index (χ3n) is 1.65. The summed E-state index contributed by atoms with van der Waals surface area (Å²) in [4.78, 5) is 12.9. The minimum absolute atomic E-state index is 0.154. The molecule has 0 spiro atoms. The Morgan fingerprint density at radius 2 is 2.25 bits per heavy atom. The van der Waals surface area contributed by atoms with Gasteiger partial charge in [-0.15, -0.1) is 0 Å². The molecule has 4 heteroatoms. The lowest BCUT2D eigenvalue weighted by atomic mass is 10.3. The molecule has 0 aliphatic rings. The molecule has 72 valence electrons. The van der Waals surface area contributed by atoms with Crippen LogP contribution in [0.15, 0.2) is 0 Å². The molecule has 0 radical (unpaired) electrons. The zero-order chi connectivity index (χ0) is 9.40. The molecule has 0 saturated heterocycles. The zero-order valence-corrected chi connectivity index (χ0v) is 8.09. The van der Waals surface area contributed by atoms with Gasteiger partial charge in [0.2, 0.25) is 5.91 Å². The van der Waals surface area contributed by atoms with Crippen molar-refractivity contribution in [2.24, 2.45) is 0 Å². The number of likely N-dealkylation sites (N-methyl/N-ethyl adjacent to an activating group) is 1. The molecule has 0 aromatic heterocycles. The predicted octanol–water partition coefficient (Wildman–Crippen LogP) is -0.299. The largest absolute Gasteiger partial charge is 0.383 e. The highest BCUT2D eigenvalue weighted by Crippen LogP contribution is 1.89. The topological polar surface area (TPSA) is 41.6 Å². The number of hydrogen-bond donors (Lipinski definition) is 1. The van der Waals surface area contributed by atoms with Gasteiger partial charge in [0, 0.05) is 33.7 Å². The van der Waals surface area contributed by atoms with E-state index in [2.05, 4.69) is 5.32 Å². The van der Waals surface area contributed by atoms with Gasteiger partial charge < -0.3 is 15.0 Å². The van der Waals surface area contributed by atoms with Gasteiger partial charge in [-0.2, -0.15) is 0 Å². The van der Waals surface area contributed by atoms with E-state index in [1.165, 1.54) is 0 Å². The second-order valence-electron chi connectivity index (χ2n) is 2.66. The number of carbonyl (C=O) groups is 1. The van der Waals surface area contributed by atoms with E-state index >= 15 is 0 Å². The fourth-order valence-corrected chi connectivity index (χ4v) is 0.776. The van der Waals surface area contributed by atoms with Crippen LogP contribution in [-0.2, 0) is 9.53 Å². The van der Waals surface area contributed by atoms with Crippen LogP contribution in [0.5, 0.6) is 0 Å². The molecule has 0 fully saturated rings. The number of amides is 1. The Bertz CT molecular complexity index is 128.